The van der Waals surface area contributed by atoms with Crippen LogP contribution in [-0.4, -0.2) is 23.1 Å². The van der Waals surface area contributed by atoms with Gasteiger partial charge in [0.2, 0.25) is 0 Å². The molecule has 0 saturated carbocycles. The number of methoxy groups -OCH3 is 1. The molecule has 0 fully saturated rings. The summed E-state index contributed by atoms with van der Waals surface area (Å²) in [5.74, 6) is 1.28. The van der Waals surface area contributed by atoms with E-state index in [1.807, 2.05) is 18.5 Å². The normalized spacial score (nSPS) is 12.2. The molecule has 106 valence electrons. The second-order valence-corrected chi connectivity index (χ2v) is 5.07. The van der Waals surface area contributed by atoms with Gasteiger partial charge in [-0.15, -0.1) is 0 Å². The van der Waals surface area contributed by atoms with E-state index in [2.05, 4.69) is 16.9 Å². The lowest BCUT2D eigenvalue weighted by atomic mass is 10.1. The third-order valence-electron chi connectivity index (χ3n) is 3.13. The minimum absolute atomic E-state index is 0.148. The summed E-state index contributed by atoms with van der Waals surface area (Å²) in [5, 5.41) is 0.621. The zero-order chi connectivity index (χ0) is 14.5. The zero-order valence-corrected chi connectivity index (χ0v) is 12.4. The van der Waals surface area contributed by atoms with Crippen molar-refractivity contribution in [3.63, 3.8) is 0 Å². The Balaban J connectivity index is 2.26. The molecule has 4 nitrogen and oxygen atoms in total. The van der Waals surface area contributed by atoms with Gasteiger partial charge in [0.1, 0.15) is 5.75 Å². The minimum atomic E-state index is 0.148. The number of nitrogens with two attached hydrogens (primary N) is 1. The smallest absolute Gasteiger partial charge is 0.162 e. The van der Waals surface area contributed by atoms with Crippen molar-refractivity contribution < 1.29 is 4.74 Å². The average Bonchev–Trinajstić information content (AvgIpc) is 2.48. The number of ether oxygens (including phenoxy) is 1. The molecule has 0 bridgehead atoms. The molecule has 2 N–H and O–H groups in total. The lowest BCUT2D eigenvalue weighted by Crippen LogP contribution is -2.21. The van der Waals surface area contributed by atoms with E-state index in [4.69, 9.17) is 22.1 Å². The number of hydrogen-bond donors (Lipinski definition) is 1. The lowest BCUT2D eigenvalue weighted by molar-refractivity contribution is 0.416. The Morgan fingerprint density at radius 1 is 1.30 bits per heavy atom. The summed E-state index contributed by atoms with van der Waals surface area (Å²) >= 11 is 5.95. The first kappa shape index (κ1) is 14.8. The van der Waals surface area contributed by atoms with E-state index < -0.39 is 0 Å². The largest absolute Gasteiger partial charge is 0.496 e. The van der Waals surface area contributed by atoms with Crippen molar-refractivity contribution in [2.24, 2.45) is 5.73 Å². The molecule has 5 heteroatoms. The Morgan fingerprint density at radius 2 is 2.00 bits per heavy atom. The molecular weight excluding hydrogens is 274 g/mol. The van der Waals surface area contributed by atoms with Gasteiger partial charge in [0, 0.05) is 23.5 Å². The average molecular weight is 292 g/mol. The third-order valence-corrected chi connectivity index (χ3v) is 3.37. The Hall–Kier alpha value is -1.65. The number of benzene rings is 1. The van der Waals surface area contributed by atoms with E-state index in [0.717, 1.165) is 24.0 Å². The molecule has 2 rings (SSSR count). The van der Waals surface area contributed by atoms with E-state index in [9.17, 15) is 0 Å². The maximum atomic E-state index is 5.95. The summed E-state index contributed by atoms with van der Waals surface area (Å²) < 4.78 is 5.31. The van der Waals surface area contributed by atoms with E-state index in [1.165, 1.54) is 0 Å². The van der Waals surface area contributed by atoms with Crippen LogP contribution >= 0.6 is 11.6 Å². The van der Waals surface area contributed by atoms with Crippen LogP contribution in [0.4, 0.5) is 0 Å². The Bertz CT molecular complexity index is 572. The van der Waals surface area contributed by atoms with Crippen LogP contribution < -0.4 is 10.5 Å². The molecule has 2 aromatic rings. The molecule has 1 unspecified atom stereocenters. The summed E-state index contributed by atoms with van der Waals surface area (Å²) in [7, 11) is 1.60. The second kappa shape index (κ2) is 6.68. The van der Waals surface area contributed by atoms with Gasteiger partial charge in [0.05, 0.1) is 12.7 Å². The third kappa shape index (κ3) is 3.46. The highest BCUT2D eigenvalue weighted by Crippen LogP contribution is 2.29. The molecular formula is C15H18ClN3O. The minimum Gasteiger partial charge on any atom is -0.496 e. The Labute approximate surface area is 124 Å². The van der Waals surface area contributed by atoms with Gasteiger partial charge < -0.3 is 10.5 Å². The van der Waals surface area contributed by atoms with Crippen LogP contribution in [0.15, 0.2) is 30.6 Å². The standard InChI is InChI=1S/C15H18ClN3O/c1-3-12(17)6-10-8-18-15(19-9-10)13-5-4-11(16)7-14(13)20-2/h4-5,7-9,12H,3,6,17H2,1-2H3. The summed E-state index contributed by atoms with van der Waals surface area (Å²) in [6.45, 7) is 2.07. The van der Waals surface area contributed by atoms with Crippen LogP contribution in [0.5, 0.6) is 5.75 Å². The predicted octanol–water partition coefficient (Wildman–Crippen LogP) is 3.09. The predicted molar refractivity (Wildman–Crippen MR) is 81.0 cm³/mol. The van der Waals surface area contributed by atoms with Crippen LogP contribution in [0, 0.1) is 0 Å². The fourth-order valence-corrected chi connectivity index (χ4v) is 2.06. The molecule has 0 spiro atoms. The van der Waals surface area contributed by atoms with Gasteiger partial charge in [0.25, 0.3) is 0 Å². The van der Waals surface area contributed by atoms with Gasteiger partial charge in [-0.3, -0.25) is 0 Å². The molecule has 20 heavy (non-hydrogen) atoms. The van der Waals surface area contributed by atoms with Gasteiger partial charge in [-0.2, -0.15) is 0 Å². The topological polar surface area (TPSA) is 61.0 Å². The van der Waals surface area contributed by atoms with Crippen molar-refractivity contribution in [3.05, 3.63) is 41.2 Å². The molecule has 0 aliphatic carbocycles. The van der Waals surface area contributed by atoms with Crippen molar-refractivity contribution in [3.8, 4) is 17.1 Å². The first-order valence-electron chi connectivity index (χ1n) is 6.54. The van der Waals surface area contributed by atoms with Gasteiger partial charge in [-0.25, -0.2) is 9.97 Å². The van der Waals surface area contributed by atoms with Crippen LogP contribution in [-0.2, 0) is 6.42 Å². The van der Waals surface area contributed by atoms with E-state index in [0.29, 0.717) is 16.6 Å². The number of rotatable bonds is 5. The highest BCUT2D eigenvalue weighted by atomic mass is 35.5. The van der Waals surface area contributed by atoms with Gasteiger partial charge in [0.15, 0.2) is 5.82 Å². The number of halogens is 1. The van der Waals surface area contributed by atoms with Crippen LogP contribution in [0.3, 0.4) is 0 Å². The van der Waals surface area contributed by atoms with Crippen LogP contribution in [0.2, 0.25) is 5.02 Å². The molecule has 0 amide bonds. The molecule has 1 aromatic carbocycles. The fraction of sp³-hybridized carbons (Fsp3) is 0.333. The highest BCUT2D eigenvalue weighted by molar-refractivity contribution is 6.30. The van der Waals surface area contributed by atoms with Crippen molar-refractivity contribution in [1.29, 1.82) is 0 Å². The Morgan fingerprint density at radius 3 is 2.60 bits per heavy atom. The first-order valence-corrected chi connectivity index (χ1v) is 6.92. The molecule has 1 aromatic heterocycles. The zero-order valence-electron chi connectivity index (χ0n) is 11.6. The summed E-state index contributed by atoms with van der Waals surface area (Å²) in [6.07, 6.45) is 5.35. The van der Waals surface area contributed by atoms with E-state index >= 15 is 0 Å². The van der Waals surface area contributed by atoms with Gasteiger partial charge >= 0.3 is 0 Å². The quantitative estimate of drug-likeness (QED) is 0.919. The monoisotopic (exact) mass is 291 g/mol. The van der Waals surface area contributed by atoms with Gasteiger partial charge in [-0.05, 0) is 36.6 Å². The molecule has 1 atom stereocenters. The van der Waals surface area contributed by atoms with Crippen LogP contribution in [0.1, 0.15) is 18.9 Å². The molecule has 0 radical (unpaired) electrons. The van der Waals surface area contributed by atoms with Crippen LogP contribution in [0.25, 0.3) is 11.4 Å². The lowest BCUT2D eigenvalue weighted by Gasteiger charge is -2.10. The van der Waals surface area contributed by atoms with Gasteiger partial charge in [-0.1, -0.05) is 18.5 Å². The van der Waals surface area contributed by atoms with Crippen molar-refractivity contribution >= 4 is 11.6 Å². The molecule has 0 saturated heterocycles. The maximum absolute atomic E-state index is 5.95. The maximum Gasteiger partial charge on any atom is 0.162 e. The van der Waals surface area contributed by atoms with Crippen molar-refractivity contribution in [2.75, 3.05) is 7.11 Å². The van der Waals surface area contributed by atoms with E-state index in [-0.39, 0.29) is 6.04 Å². The first-order chi connectivity index (χ1) is 9.63. The van der Waals surface area contributed by atoms with E-state index in [1.54, 1.807) is 19.2 Å². The summed E-state index contributed by atoms with van der Waals surface area (Å²) in [4.78, 5) is 8.77. The summed E-state index contributed by atoms with van der Waals surface area (Å²) in [5.41, 5.74) is 7.79. The molecule has 0 aliphatic heterocycles. The van der Waals surface area contributed by atoms with Crippen molar-refractivity contribution in [2.45, 2.75) is 25.8 Å². The number of hydrogen-bond acceptors (Lipinski definition) is 4. The SMILES string of the molecule is CCC(N)Cc1cnc(-c2ccc(Cl)cc2OC)nc1. The summed E-state index contributed by atoms with van der Waals surface area (Å²) in [6, 6.07) is 5.55. The fourth-order valence-electron chi connectivity index (χ4n) is 1.90. The second-order valence-electron chi connectivity index (χ2n) is 4.63. The Kier molecular flexibility index (Phi) is 4.93. The molecule has 1 heterocycles. The molecule has 0 aliphatic rings. The number of nitrogens with zero attached hydrogens (tertiary/aromatic N) is 2. The highest BCUT2D eigenvalue weighted by Gasteiger charge is 2.10. The number of aromatic nitrogens is 2. The van der Waals surface area contributed by atoms with Crippen molar-refractivity contribution in [1.82, 2.24) is 9.97 Å².